The molecule has 0 spiro atoms. The smallest absolute Gasteiger partial charge is 0.322 e. The highest BCUT2D eigenvalue weighted by atomic mass is 32.2. The number of aliphatic hydroxyl groups excluding tert-OH is 1. The molecule has 0 aromatic heterocycles. The molecule has 0 aliphatic carbocycles. The summed E-state index contributed by atoms with van der Waals surface area (Å²) in [5.41, 5.74) is 1.34. The van der Waals surface area contributed by atoms with Crippen molar-refractivity contribution in [2.75, 3.05) is 42.1 Å². The number of nitrogens with one attached hydrogen (secondary N) is 2. The molecule has 4 rings (SSSR count). The zero-order chi connectivity index (χ0) is 28.4. The van der Waals surface area contributed by atoms with Gasteiger partial charge in [-0.2, -0.15) is 4.31 Å². The molecule has 2 atom stereocenters. The molecular weight excluding hydrogens is 548 g/mol. The van der Waals surface area contributed by atoms with Gasteiger partial charge < -0.3 is 25.5 Å². The highest BCUT2D eigenvalue weighted by Crippen LogP contribution is 2.30. The normalized spacial score (nSPS) is 20.2. The lowest BCUT2D eigenvalue weighted by Crippen LogP contribution is -2.43. The predicted molar refractivity (Wildman–Crippen MR) is 146 cm³/mol. The third-order valence-corrected chi connectivity index (χ3v) is 9.61. The number of aliphatic carboxylic acids is 1. The highest BCUT2D eigenvalue weighted by Gasteiger charge is 2.39. The van der Waals surface area contributed by atoms with Gasteiger partial charge in [0.25, 0.3) is 0 Å². The first-order valence-electron chi connectivity index (χ1n) is 12.7. The van der Waals surface area contributed by atoms with Gasteiger partial charge in [0, 0.05) is 37.9 Å². The van der Waals surface area contributed by atoms with Crippen LogP contribution < -0.4 is 14.9 Å². The Bertz CT molecular complexity index is 1390. The number of carboxylic acid groups (broad SMARTS) is 1. The van der Waals surface area contributed by atoms with E-state index in [-0.39, 0.29) is 35.5 Å². The Balaban J connectivity index is 1.30. The number of aromatic hydroxyl groups is 1. The van der Waals surface area contributed by atoms with Crippen LogP contribution in [0.1, 0.15) is 37.4 Å². The van der Waals surface area contributed by atoms with Gasteiger partial charge in [-0.25, -0.2) is 16.8 Å². The standard InChI is InChI=1S/C25H34N4O8S2/c1-38(34,35)27-21-15-17(4-9-23(21)30)24(31)16-26-18-10-13-28(14-11-18)19-5-7-20(8-6-19)39(36,37)29-12-2-3-22(29)25(32)33/h4-9,15,18,22,24,26-27,30-31H,2-3,10-14,16H2,1H3,(H,32,33)/t22-,24+/m0/s1. The number of sulfonamides is 2. The summed E-state index contributed by atoms with van der Waals surface area (Å²) in [6.07, 6.45) is 2.47. The molecule has 0 radical (unpaired) electrons. The zero-order valence-electron chi connectivity index (χ0n) is 21.5. The molecule has 14 heteroatoms. The third kappa shape index (κ3) is 7.00. The van der Waals surface area contributed by atoms with Crippen LogP contribution in [0.3, 0.4) is 0 Å². The average Bonchev–Trinajstić information content (AvgIpc) is 3.40. The molecule has 2 aromatic rings. The molecule has 2 heterocycles. The van der Waals surface area contributed by atoms with Crippen LogP contribution in [0.4, 0.5) is 11.4 Å². The van der Waals surface area contributed by atoms with Crippen LogP contribution >= 0.6 is 0 Å². The number of nitrogens with zero attached hydrogens (tertiary/aromatic N) is 2. The van der Waals surface area contributed by atoms with Crippen LogP contribution in [0.2, 0.25) is 0 Å². The van der Waals surface area contributed by atoms with E-state index >= 15 is 0 Å². The second kappa shape index (κ2) is 11.7. The van der Waals surface area contributed by atoms with Gasteiger partial charge in [0.15, 0.2) is 0 Å². The molecule has 0 unspecified atom stereocenters. The van der Waals surface area contributed by atoms with Crippen molar-refractivity contribution < 1.29 is 36.9 Å². The van der Waals surface area contributed by atoms with E-state index < -0.39 is 38.2 Å². The first-order chi connectivity index (χ1) is 18.3. The first kappa shape index (κ1) is 29.1. The number of phenols is 1. The van der Waals surface area contributed by atoms with Crippen molar-refractivity contribution in [1.82, 2.24) is 9.62 Å². The molecule has 2 saturated heterocycles. The second-order valence-electron chi connectivity index (χ2n) is 9.94. The molecule has 39 heavy (non-hydrogen) atoms. The van der Waals surface area contributed by atoms with Gasteiger partial charge in [-0.1, -0.05) is 6.07 Å². The molecule has 0 amide bonds. The van der Waals surface area contributed by atoms with Crippen LogP contribution in [0.25, 0.3) is 0 Å². The maximum absolute atomic E-state index is 13.0. The molecule has 0 saturated carbocycles. The van der Waals surface area contributed by atoms with Crippen LogP contribution in [0.15, 0.2) is 47.4 Å². The van der Waals surface area contributed by atoms with Gasteiger partial charge in [0.1, 0.15) is 11.8 Å². The summed E-state index contributed by atoms with van der Waals surface area (Å²) in [5, 5.41) is 33.2. The molecule has 214 valence electrons. The van der Waals surface area contributed by atoms with E-state index in [1.807, 2.05) is 0 Å². The molecule has 2 fully saturated rings. The third-order valence-electron chi connectivity index (χ3n) is 7.09. The average molecular weight is 583 g/mol. The van der Waals surface area contributed by atoms with E-state index in [0.29, 0.717) is 31.5 Å². The summed E-state index contributed by atoms with van der Waals surface area (Å²) in [6, 6.07) is 9.90. The lowest BCUT2D eigenvalue weighted by atomic mass is 10.0. The minimum atomic E-state index is -3.89. The van der Waals surface area contributed by atoms with Crippen LogP contribution in [0, 0.1) is 0 Å². The Hall–Kier alpha value is -2.91. The number of carboxylic acids is 1. The van der Waals surface area contributed by atoms with Gasteiger partial charge in [0.2, 0.25) is 20.0 Å². The summed E-state index contributed by atoms with van der Waals surface area (Å²) < 4.78 is 52.3. The van der Waals surface area contributed by atoms with E-state index in [4.69, 9.17) is 0 Å². The van der Waals surface area contributed by atoms with E-state index in [1.165, 1.54) is 30.3 Å². The summed E-state index contributed by atoms with van der Waals surface area (Å²) in [6.45, 7) is 1.87. The van der Waals surface area contributed by atoms with Crippen molar-refractivity contribution in [1.29, 1.82) is 0 Å². The summed E-state index contributed by atoms with van der Waals surface area (Å²) >= 11 is 0. The Morgan fingerprint density at radius 3 is 2.31 bits per heavy atom. The number of aliphatic hydroxyl groups is 1. The Labute approximate surface area is 228 Å². The zero-order valence-corrected chi connectivity index (χ0v) is 23.2. The number of piperidine rings is 1. The number of hydrogen-bond acceptors (Lipinski definition) is 9. The fourth-order valence-corrected chi connectivity index (χ4v) is 7.23. The predicted octanol–water partition coefficient (Wildman–Crippen LogP) is 1.29. The number of carbonyl (C=O) groups is 1. The van der Waals surface area contributed by atoms with E-state index in [1.54, 1.807) is 12.1 Å². The Morgan fingerprint density at radius 2 is 1.69 bits per heavy atom. The number of benzene rings is 2. The van der Waals surface area contributed by atoms with Crippen molar-refractivity contribution in [2.24, 2.45) is 0 Å². The number of phenolic OH excluding ortho intramolecular Hbond substituents is 1. The maximum Gasteiger partial charge on any atom is 0.322 e. The van der Waals surface area contributed by atoms with Gasteiger partial charge >= 0.3 is 5.97 Å². The van der Waals surface area contributed by atoms with E-state index in [9.17, 15) is 36.9 Å². The largest absolute Gasteiger partial charge is 0.506 e. The van der Waals surface area contributed by atoms with Crippen molar-refractivity contribution in [3.05, 3.63) is 48.0 Å². The number of hydrogen-bond donors (Lipinski definition) is 5. The van der Waals surface area contributed by atoms with Gasteiger partial charge in [0.05, 0.1) is 22.9 Å². The number of anilines is 2. The van der Waals surface area contributed by atoms with E-state index in [0.717, 1.165) is 29.1 Å². The molecule has 2 aliphatic heterocycles. The summed E-state index contributed by atoms with van der Waals surface area (Å²) in [4.78, 5) is 13.7. The maximum atomic E-state index is 13.0. The first-order valence-corrected chi connectivity index (χ1v) is 16.0. The SMILES string of the molecule is CS(=O)(=O)Nc1cc([C@H](O)CNC2CCN(c3ccc(S(=O)(=O)N4CCC[C@H]4C(=O)O)cc3)CC2)ccc1O. The molecule has 5 N–H and O–H groups in total. The molecule has 0 bridgehead atoms. The Morgan fingerprint density at radius 1 is 1.03 bits per heavy atom. The summed E-state index contributed by atoms with van der Waals surface area (Å²) in [7, 11) is -7.47. The monoisotopic (exact) mass is 582 g/mol. The Kier molecular flexibility index (Phi) is 8.71. The van der Waals surface area contributed by atoms with E-state index in [2.05, 4.69) is 14.9 Å². The van der Waals surface area contributed by atoms with Crippen LogP contribution in [0.5, 0.6) is 5.75 Å². The van der Waals surface area contributed by atoms with Crippen LogP contribution in [-0.4, -0.2) is 86.9 Å². The lowest BCUT2D eigenvalue weighted by Gasteiger charge is -2.34. The van der Waals surface area contributed by atoms with Gasteiger partial charge in [-0.05, 0) is 67.6 Å². The van der Waals surface area contributed by atoms with Crippen LogP contribution in [-0.2, 0) is 24.8 Å². The van der Waals surface area contributed by atoms with Crippen molar-refractivity contribution in [2.45, 2.75) is 48.8 Å². The molecule has 2 aliphatic rings. The fraction of sp³-hybridized carbons (Fsp3) is 0.480. The fourth-order valence-electron chi connectivity index (χ4n) is 5.02. The molecular formula is C25H34N4O8S2. The minimum Gasteiger partial charge on any atom is -0.506 e. The highest BCUT2D eigenvalue weighted by molar-refractivity contribution is 7.92. The number of rotatable bonds is 10. The lowest BCUT2D eigenvalue weighted by molar-refractivity contribution is -0.140. The summed E-state index contributed by atoms with van der Waals surface area (Å²) in [5.74, 6) is -1.36. The second-order valence-corrected chi connectivity index (χ2v) is 13.6. The minimum absolute atomic E-state index is 0.00306. The van der Waals surface area contributed by atoms with Gasteiger partial charge in [-0.15, -0.1) is 0 Å². The van der Waals surface area contributed by atoms with Crippen molar-refractivity contribution >= 4 is 37.4 Å². The van der Waals surface area contributed by atoms with Crippen molar-refractivity contribution in [3.8, 4) is 5.75 Å². The molecule has 2 aromatic carbocycles. The quantitative estimate of drug-likeness (QED) is 0.257. The topological polar surface area (TPSA) is 177 Å². The van der Waals surface area contributed by atoms with Crippen molar-refractivity contribution in [3.63, 3.8) is 0 Å². The van der Waals surface area contributed by atoms with Gasteiger partial charge in [-0.3, -0.25) is 9.52 Å². The molecule has 12 nitrogen and oxygen atoms in total.